The van der Waals surface area contributed by atoms with Gasteiger partial charge in [-0.3, -0.25) is 0 Å². The van der Waals surface area contributed by atoms with Gasteiger partial charge in [-0.05, 0) is 0 Å². The van der Waals surface area contributed by atoms with Crippen LogP contribution >= 0.6 is 0 Å². The molecule has 0 fully saturated rings. The van der Waals surface area contributed by atoms with Crippen molar-refractivity contribution in [2.45, 2.75) is 36.9 Å². The van der Waals surface area contributed by atoms with Crippen LogP contribution in [0.3, 0.4) is 0 Å². The van der Waals surface area contributed by atoms with E-state index in [0.29, 0.717) is 0 Å². The number of carboxylic acid groups (broad SMARTS) is 6. The van der Waals surface area contributed by atoms with Crippen molar-refractivity contribution in [2.75, 3.05) is 0 Å². The molecule has 0 heterocycles. The second-order valence-electron chi connectivity index (χ2n) is 4.83. The number of hydrogen-bond acceptors (Lipinski definition) is 14. The first-order valence-corrected chi connectivity index (χ1v) is 6.23. The largest absolute Gasteiger partial charge is 2.00 e. The summed E-state index contributed by atoms with van der Waals surface area (Å²) in [5.41, 5.74) is -5.95. The molecule has 0 aromatic rings. The number of carbonyl (C=O) groups excluding carboxylic acids is 6. The van der Waals surface area contributed by atoms with E-state index < -0.39 is 72.7 Å². The zero-order valence-electron chi connectivity index (χ0n) is 19.7. The van der Waals surface area contributed by atoms with Crippen LogP contribution in [0.4, 0.5) is 0 Å². The zero-order valence-corrected chi connectivity index (χ0v) is 24.0. The first-order valence-electron chi connectivity index (χ1n) is 6.23. The molecular formula is C12H30Mg3O24. The first-order chi connectivity index (χ1) is 11.6. The van der Waals surface area contributed by atoms with E-state index in [1.807, 2.05) is 0 Å². The number of hydrogen-bond donors (Lipinski definition) is 2. The second-order valence-corrected chi connectivity index (χ2v) is 4.83. The van der Waals surface area contributed by atoms with E-state index in [1.165, 1.54) is 0 Å². The van der Waals surface area contributed by atoms with Gasteiger partial charge in [-0.25, -0.2) is 0 Å². The second kappa shape index (κ2) is 43.7. The van der Waals surface area contributed by atoms with Crippen molar-refractivity contribution < 1.29 is 124 Å². The van der Waals surface area contributed by atoms with Crippen LogP contribution < -0.4 is 30.6 Å². The zero-order chi connectivity index (χ0) is 21.3. The first kappa shape index (κ1) is 98.6. The molecule has 24 nitrogen and oxygen atoms in total. The molecule has 0 radical (unpaired) electrons. The summed E-state index contributed by atoms with van der Waals surface area (Å²) in [6.07, 6.45) is -5.43. The molecular weight excluding hydrogens is 601 g/mol. The molecule has 0 aliphatic heterocycles. The Kier molecular flexibility index (Phi) is 110. The average Bonchev–Trinajstić information content (AvgIpc) is 2.34. The van der Waals surface area contributed by atoms with Gasteiger partial charge in [-0.15, -0.1) is 0 Å². The molecule has 0 aliphatic rings. The van der Waals surface area contributed by atoms with Gasteiger partial charge in [-0.1, -0.05) is 0 Å². The summed E-state index contributed by atoms with van der Waals surface area (Å²) in [5, 5.41) is 77.9. The maximum Gasteiger partial charge on any atom is 2.00 e. The van der Waals surface area contributed by atoms with Crippen LogP contribution in [-0.4, -0.2) is 181 Å². The molecule has 228 valence electrons. The van der Waals surface area contributed by atoms with Gasteiger partial charge >= 0.3 is 69.2 Å². The number of aliphatic hydroxyl groups is 2. The number of carboxylic acids is 6. The minimum atomic E-state index is -2.97. The summed E-state index contributed by atoms with van der Waals surface area (Å²) in [6.45, 7) is 0. The van der Waals surface area contributed by atoms with Crippen LogP contribution in [0.1, 0.15) is 25.7 Å². The number of rotatable bonds is 10. The average molecular weight is 631 g/mol. The van der Waals surface area contributed by atoms with E-state index in [9.17, 15) is 59.4 Å². The Morgan fingerprint density at radius 1 is 0.385 bits per heavy atom. The normalized spacial score (nSPS) is 7.23. The smallest absolute Gasteiger partial charge is 0.550 e. The molecule has 0 rings (SSSR count). The van der Waals surface area contributed by atoms with Crippen molar-refractivity contribution in [1.29, 1.82) is 0 Å². The van der Waals surface area contributed by atoms with Crippen molar-refractivity contribution in [1.82, 2.24) is 0 Å². The molecule has 39 heavy (non-hydrogen) atoms. The number of carbonyl (C=O) groups is 6. The topological polar surface area (TPSA) is 596 Å². The summed E-state index contributed by atoms with van der Waals surface area (Å²) in [4.78, 5) is 60.0. The summed E-state index contributed by atoms with van der Waals surface area (Å²) >= 11 is 0. The molecule has 27 heteroatoms. The molecule has 0 aromatic heterocycles. The Hall–Kier alpha value is -1.36. The molecule has 22 N–H and O–H groups in total. The van der Waals surface area contributed by atoms with Crippen LogP contribution in [0.25, 0.3) is 0 Å². The summed E-state index contributed by atoms with van der Waals surface area (Å²) in [7, 11) is 0. The van der Waals surface area contributed by atoms with Gasteiger partial charge < -0.3 is 124 Å². The van der Waals surface area contributed by atoms with Gasteiger partial charge in [0.2, 0.25) is 0 Å². The van der Waals surface area contributed by atoms with Crippen LogP contribution in [0, 0.1) is 0 Å². The Bertz CT molecular complexity index is 529. The quantitative estimate of drug-likeness (QED) is 0.211. The monoisotopic (exact) mass is 630 g/mol. The van der Waals surface area contributed by atoms with Gasteiger partial charge in [0.25, 0.3) is 0 Å². The minimum Gasteiger partial charge on any atom is -0.550 e. The minimum absolute atomic E-state index is 0. The van der Waals surface area contributed by atoms with E-state index in [1.54, 1.807) is 0 Å². The molecule has 0 aliphatic carbocycles. The van der Waals surface area contributed by atoms with Gasteiger partial charge in [-0.2, -0.15) is 0 Å². The Labute approximate surface area is 265 Å². The van der Waals surface area contributed by atoms with E-state index >= 15 is 0 Å². The Balaban J connectivity index is -0.0000000170. The van der Waals surface area contributed by atoms with E-state index in [0.717, 1.165) is 0 Å². The predicted molar refractivity (Wildman–Crippen MR) is 112 cm³/mol. The van der Waals surface area contributed by atoms with Crippen molar-refractivity contribution in [3.8, 4) is 0 Å². The molecule has 0 bridgehead atoms. The Morgan fingerprint density at radius 2 is 0.487 bits per heavy atom. The molecule has 0 spiro atoms. The number of aliphatic carboxylic acids is 6. The fraction of sp³-hybridized carbons (Fsp3) is 0.500. The van der Waals surface area contributed by atoms with Gasteiger partial charge in [0.1, 0.15) is 11.2 Å². The molecule has 0 unspecified atom stereocenters. The third-order valence-electron chi connectivity index (χ3n) is 2.51. The van der Waals surface area contributed by atoms with Crippen molar-refractivity contribution in [2.24, 2.45) is 0 Å². The van der Waals surface area contributed by atoms with Crippen molar-refractivity contribution >= 4 is 105 Å². The van der Waals surface area contributed by atoms with Crippen LogP contribution in [0.5, 0.6) is 0 Å². The molecule has 0 amide bonds. The molecule has 0 saturated heterocycles. The van der Waals surface area contributed by atoms with Crippen LogP contribution in [-0.2, 0) is 28.8 Å². The summed E-state index contributed by atoms with van der Waals surface area (Å²) in [5.74, 6) is -12.0. The van der Waals surface area contributed by atoms with Crippen molar-refractivity contribution in [3.05, 3.63) is 0 Å². The van der Waals surface area contributed by atoms with Gasteiger partial charge in [0, 0.05) is 49.6 Å². The Morgan fingerprint density at radius 3 is 0.538 bits per heavy atom. The summed E-state index contributed by atoms with van der Waals surface area (Å²) < 4.78 is 0. The maximum atomic E-state index is 10.1. The van der Waals surface area contributed by atoms with Gasteiger partial charge in [0.15, 0.2) is 0 Å². The molecule has 0 aromatic carbocycles. The SMILES string of the molecule is O.O.O.O.O.O.O.O.O.O.O=C([O-])CC(O)(CC(=O)[O-])C(=O)[O-].O=C([O-])CC(O)(CC(=O)[O-])C(=O)[O-].[Mg+2].[Mg+2].[Mg+2]. The molecule has 0 atom stereocenters. The van der Waals surface area contributed by atoms with Gasteiger partial charge in [0.05, 0.1) is 11.9 Å². The standard InChI is InChI=1S/2C6H8O7.3Mg.10H2O/c2*7-3(8)1-6(13,5(11)12)2-4(9)10;;;;;;;;;;;;;/h2*13H,1-2H2,(H,7,8)(H,9,10)(H,11,12);;;;10*1H2/q;;3*+2;;;;;;;;;;/p-6. The fourth-order valence-corrected chi connectivity index (χ4v) is 1.37. The third kappa shape index (κ3) is 46.8. The van der Waals surface area contributed by atoms with Crippen molar-refractivity contribution in [3.63, 3.8) is 0 Å². The van der Waals surface area contributed by atoms with E-state index in [2.05, 4.69) is 0 Å². The van der Waals surface area contributed by atoms with Crippen LogP contribution in [0.2, 0.25) is 0 Å². The predicted octanol–water partition coefficient (Wildman–Crippen LogP) is -19.9. The molecule has 0 saturated carbocycles. The maximum absolute atomic E-state index is 10.1. The fourth-order valence-electron chi connectivity index (χ4n) is 1.37. The van der Waals surface area contributed by atoms with Crippen LogP contribution in [0.15, 0.2) is 0 Å². The van der Waals surface area contributed by atoms with E-state index in [4.69, 9.17) is 10.2 Å². The summed E-state index contributed by atoms with van der Waals surface area (Å²) in [6, 6.07) is 0. The third-order valence-corrected chi connectivity index (χ3v) is 2.51. The van der Waals surface area contributed by atoms with E-state index in [-0.39, 0.29) is 124 Å².